The lowest BCUT2D eigenvalue weighted by Gasteiger charge is -2.13. The van der Waals surface area contributed by atoms with Gasteiger partial charge in [-0.1, -0.05) is 18.2 Å². The molecule has 3 nitrogen and oxygen atoms in total. The van der Waals surface area contributed by atoms with Crippen LogP contribution in [0.2, 0.25) is 0 Å². The van der Waals surface area contributed by atoms with Crippen molar-refractivity contribution < 1.29 is 19.0 Å². The highest BCUT2D eigenvalue weighted by Gasteiger charge is 2.09. The molecule has 106 valence electrons. The molecular weight excluding hydrogens is 259 g/mol. The van der Waals surface area contributed by atoms with Crippen LogP contribution in [-0.4, -0.2) is 12.2 Å². The molecule has 2 aromatic carbocycles. The fourth-order valence-electron chi connectivity index (χ4n) is 1.85. The van der Waals surface area contributed by atoms with Crippen LogP contribution in [0, 0.1) is 5.82 Å². The van der Waals surface area contributed by atoms with E-state index in [1.54, 1.807) is 37.3 Å². The molecule has 0 fully saturated rings. The number of halogens is 1. The van der Waals surface area contributed by atoms with Crippen molar-refractivity contribution in [1.29, 1.82) is 0 Å². The van der Waals surface area contributed by atoms with Crippen LogP contribution < -0.4 is 9.47 Å². The lowest BCUT2D eigenvalue weighted by Crippen LogP contribution is -1.99. The Kier molecular flexibility index (Phi) is 4.58. The minimum atomic E-state index is -0.568. The standard InChI is InChI=1S/C16H17FO3/c1-11(18)13-6-7-15(16(9-13)19-2)20-10-12-4-3-5-14(17)8-12/h3-9,11,18H,10H2,1-2H3. The number of benzene rings is 2. The minimum Gasteiger partial charge on any atom is -0.493 e. The van der Waals surface area contributed by atoms with Crippen molar-refractivity contribution in [1.82, 2.24) is 0 Å². The van der Waals surface area contributed by atoms with Crippen LogP contribution in [0.1, 0.15) is 24.2 Å². The number of ether oxygens (including phenoxy) is 2. The molecule has 0 aliphatic carbocycles. The van der Waals surface area contributed by atoms with E-state index in [4.69, 9.17) is 9.47 Å². The first-order chi connectivity index (χ1) is 9.60. The van der Waals surface area contributed by atoms with E-state index >= 15 is 0 Å². The Hall–Kier alpha value is -2.07. The second kappa shape index (κ2) is 6.39. The van der Waals surface area contributed by atoms with E-state index in [0.29, 0.717) is 11.5 Å². The first-order valence-corrected chi connectivity index (χ1v) is 6.33. The van der Waals surface area contributed by atoms with Crippen molar-refractivity contribution in [2.45, 2.75) is 19.6 Å². The van der Waals surface area contributed by atoms with Crippen LogP contribution in [-0.2, 0) is 6.61 Å². The van der Waals surface area contributed by atoms with Crippen molar-refractivity contribution >= 4 is 0 Å². The SMILES string of the molecule is COc1cc(C(C)O)ccc1OCc1cccc(F)c1. The molecule has 0 aliphatic heterocycles. The van der Waals surface area contributed by atoms with Gasteiger partial charge in [-0.15, -0.1) is 0 Å². The third-order valence-electron chi connectivity index (χ3n) is 2.95. The number of rotatable bonds is 5. The molecule has 1 N–H and O–H groups in total. The van der Waals surface area contributed by atoms with Gasteiger partial charge in [-0.05, 0) is 42.3 Å². The Balaban J connectivity index is 2.13. The maximum absolute atomic E-state index is 13.1. The number of hydrogen-bond acceptors (Lipinski definition) is 3. The molecule has 0 heterocycles. The van der Waals surface area contributed by atoms with Gasteiger partial charge in [0.25, 0.3) is 0 Å². The van der Waals surface area contributed by atoms with Gasteiger partial charge in [0.05, 0.1) is 13.2 Å². The molecule has 0 bridgehead atoms. The Morgan fingerprint density at radius 2 is 1.95 bits per heavy atom. The number of aliphatic hydroxyl groups is 1. The van der Waals surface area contributed by atoms with Gasteiger partial charge in [-0.3, -0.25) is 0 Å². The summed E-state index contributed by atoms with van der Waals surface area (Å²) < 4.78 is 23.9. The van der Waals surface area contributed by atoms with Crippen LogP contribution in [0.5, 0.6) is 11.5 Å². The van der Waals surface area contributed by atoms with E-state index in [1.807, 2.05) is 0 Å². The fourth-order valence-corrected chi connectivity index (χ4v) is 1.85. The van der Waals surface area contributed by atoms with E-state index in [9.17, 15) is 9.50 Å². The van der Waals surface area contributed by atoms with Gasteiger partial charge in [0.15, 0.2) is 11.5 Å². The molecule has 0 aliphatic rings. The second-order valence-corrected chi connectivity index (χ2v) is 4.50. The van der Waals surface area contributed by atoms with E-state index in [-0.39, 0.29) is 12.4 Å². The molecule has 1 unspecified atom stereocenters. The Bertz CT molecular complexity index is 582. The van der Waals surface area contributed by atoms with E-state index < -0.39 is 6.10 Å². The van der Waals surface area contributed by atoms with Gasteiger partial charge in [0.1, 0.15) is 12.4 Å². The number of aliphatic hydroxyl groups excluding tert-OH is 1. The van der Waals surface area contributed by atoms with Crippen LogP contribution >= 0.6 is 0 Å². The Labute approximate surface area is 117 Å². The molecule has 0 saturated heterocycles. The van der Waals surface area contributed by atoms with Gasteiger partial charge in [-0.2, -0.15) is 0 Å². The van der Waals surface area contributed by atoms with Crippen molar-refractivity contribution in [3.05, 3.63) is 59.4 Å². The third-order valence-corrected chi connectivity index (χ3v) is 2.95. The fraction of sp³-hybridized carbons (Fsp3) is 0.250. The molecule has 0 aromatic heterocycles. The maximum Gasteiger partial charge on any atom is 0.161 e. The second-order valence-electron chi connectivity index (χ2n) is 4.50. The Morgan fingerprint density at radius 3 is 2.60 bits per heavy atom. The van der Waals surface area contributed by atoms with Crippen molar-refractivity contribution in [3.8, 4) is 11.5 Å². The van der Waals surface area contributed by atoms with E-state index in [1.165, 1.54) is 19.2 Å². The van der Waals surface area contributed by atoms with Crippen LogP contribution in [0.3, 0.4) is 0 Å². The van der Waals surface area contributed by atoms with Crippen molar-refractivity contribution in [3.63, 3.8) is 0 Å². The average Bonchev–Trinajstić information content (AvgIpc) is 2.45. The van der Waals surface area contributed by atoms with E-state index in [0.717, 1.165) is 11.1 Å². The Morgan fingerprint density at radius 1 is 1.15 bits per heavy atom. The third kappa shape index (κ3) is 3.48. The van der Waals surface area contributed by atoms with Crippen molar-refractivity contribution in [2.24, 2.45) is 0 Å². The quantitative estimate of drug-likeness (QED) is 0.908. The van der Waals surface area contributed by atoms with Gasteiger partial charge < -0.3 is 14.6 Å². The summed E-state index contributed by atoms with van der Waals surface area (Å²) in [6.45, 7) is 1.93. The summed E-state index contributed by atoms with van der Waals surface area (Å²) in [6, 6.07) is 11.5. The molecule has 1 atom stereocenters. The first kappa shape index (κ1) is 14.3. The zero-order valence-corrected chi connectivity index (χ0v) is 11.5. The molecule has 4 heteroatoms. The van der Waals surface area contributed by atoms with Crippen LogP contribution in [0.15, 0.2) is 42.5 Å². The zero-order chi connectivity index (χ0) is 14.5. The largest absolute Gasteiger partial charge is 0.493 e. The lowest BCUT2D eigenvalue weighted by atomic mass is 10.1. The van der Waals surface area contributed by atoms with Crippen LogP contribution in [0.4, 0.5) is 4.39 Å². The summed E-state index contributed by atoms with van der Waals surface area (Å²) in [7, 11) is 1.54. The molecule has 0 saturated carbocycles. The molecule has 0 spiro atoms. The summed E-state index contributed by atoms with van der Waals surface area (Å²) in [5.41, 5.74) is 1.49. The maximum atomic E-state index is 13.1. The first-order valence-electron chi connectivity index (χ1n) is 6.33. The molecule has 0 radical (unpaired) electrons. The lowest BCUT2D eigenvalue weighted by molar-refractivity contribution is 0.198. The molecule has 2 rings (SSSR count). The van der Waals surface area contributed by atoms with Gasteiger partial charge in [-0.25, -0.2) is 4.39 Å². The minimum absolute atomic E-state index is 0.252. The molecular formula is C16H17FO3. The highest BCUT2D eigenvalue weighted by atomic mass is 19.1. The normalized spacial score (nSPS) is 12.0. The average molecular weight is 276 g/mol. The number of hydrogen-bond donors (Lipinski definition) is 1. The van der Waals surface area contributed by atoms with Crippen molar-refractivity contribution in [2.75, 3.05) is 7.11 Å². The highest BCUT2D eigenvalue weighted by Crippen LogP contribution is 2.30. The predicted molar refractivity (Wildman–Crippen MR) is 74.4 cm³/mol. The molecule has 20 heavy (non-hydrogen) atoms. The van der Waals surface area contributed by atoms with Gasteiger partial charge >= 0.3 is 0 Å². The monoisotopic (exact) mass is 276 g/mol. The van der Waals surface area contributed by atoms with E-state index in [2.05, 4.69) is 0 Å². The summed E-state index contributed by atoms with van der Waals surface area (Å²) in [6.07, 6.45) is -0.568. The summed E-state index contributed by atoms with van der Waals surface area (Å²) in [4.78, 5) is 0. The summed E-state index contributed by atoms with van der Waals surface area (Å²) >= 11 is 0. The topological polar surface area (TPSA) is 38.7 Å². The summed E-state index contributed by atoms with van der Waals surface area (Å²) in [5.74, 6) is 0.809. The predicted octanol–water partition coefficient (Wildman–Crippen LogP) is 3.47. The van der Waals surface area contributed by atoms with Crippen LogP contribution in [0.25, 0.3) is 0 Å². The molecule has 0 amide bonds. The molecule has 2 aromatic rings. The zero-order valence-electron chi connectivity index (χ0n) is 11.5. The smallest absolute Gasteiger partial charge is 0.161 e. The highest BCUT2D eigenvalue weighted by molar-refractivity contribution is 5.43. The van der Waals surface area contributed by atoms with Gasteiger partial charge in [0.2, 0.25) is 0 Å². The summed E-state index contributed by atoms with van der Waals surface area (Å²) in [5, 5.41) is 9.53. The number of methoxy groups -OCH3 is 1. The van der Waals surface area contributed by atoms with Gasteiger partial charge in [0, 0.05) is 0 Å².